The first-order chi connectivity index (χ1) is 11.9. The molecule has 3 rings (SSSR count). The van der Waals surface area contributed by atoms with Crippen LogP contribution >= 0.6 is 0 Å². The van der Waals surface area contributed by atoms with Crippen LogP contribution in [-0.2, 0) is 17.9 Å². The Hall–Kier alpha value is -2.15. The van der Waals surface area contributed by atoms with Gasteiger partial charge in [0, 0.05) is 19.3 Å². The maximum absolute atomic E-state index is 12.6. The van der Waals surface area contributed by atoms with Gasteiger partial charge in [0.25, 0.3) is 0 Å². The van der Waals surface area contributed by atoms with Crippen LogP contribution in [0.5, 0.6) is 0 Å². The van der Waals surface area contributed by atoms with Gasteiger partial charge in [-0.05, 0) is 52.2 Å². The van der Waals surface area contributed by atoms with Crippen LogP contribution in [0.3, 0.4) is 0 Å². The van der Waals surface area contributed by atoms with Crippen LogP contribution in [0.25, 0.3) is 11.2 Å². The highest BCUT2D eigenvalue weighted by Gasteiger charge is 2.31. The van der Waals surface area contributed by atoms with Gasteiger partial charge in [-0.25, -0.2) is 14.8 Å². The van der Waals surface area contributed by atoms with E-state index in [0.717, 1.165) is 30.4 Å². The van der Waals surface area contributed by atoms with E-state index in [9.17, 15) is 9.90 Å². The third-order valence-electron chi connectivity index (χ3n) is 4.37. The molecular formula is C18H26N4O3. The van der Waals surface area contributed by atoms with Crippen molar-refractivity contribution >= 4 is 17.3 Å². The van der Waals surface area contributed by atoms with Crippen LogP contribution in [0.4, 0.5) is 4.79 Å². The zero-order valence-electron chi connectivity index (χ0n) is 15.1. The van der Waals surface area contributed by atoms with Gasteiger partial charge in [0.2, 0.25) is 0 Å². The molecule has 0 radical (unpaired) electrons. The predicted molar refractivity (Wildman–Crippen MR) is 94.0 cm³/mol. The highest BCUT2D eigenvalue weighted by Crippen LogP contribution is 2.24. The molecule has 1 saturated heterocycles. The van der Waals surface area contributed by atoms with Gasteiger partial charge < -0.3 is 19.3 Å². The van der Waals surface area contributed by atoms with Crippen molar-refractivity contribution in [2.24, 2.45) is 0 Å². The first-order valence-corrected chi connectivity index (χ1v) is 8.79. The topological polar surface area (TPSA) is 80.5 Å². The minimum Gasteiger partial charge on any atom is -0.444 e. The summed E-state index contributed by atoms with van der Waals surface area (Å²) in [6, 6.07) is 3.71. The van der Waals surface area contributed by atoms with Crippen LogP contribution in [0.15, 0.2) is 18.3 Å². The number of hydrogen-bond acceptors (Lipinski definition) is 5. The second kappa shape index (κ2) is 7.00. The Labute approximate surface area is 147 Å². The van der Waals surface area contributed by atoms with E-state index in [2.05, 4.69) is 9.97 Å². The molecule has 2 aromatic heterocycles. The van der Waals surface area contributed by atoms with Gasteiger partial charge in [0.1, 0.15) is 23.5 Å². The highest BCUT2D eigenvalue weighted by atomic mass is 16.6. The Morgan fingerprint density at radius 1 is 1.40 bits per heavy atom. The largest absolute Gasteiger partial charge is 0.444 e. The minimum atomic E-state index is -0.515. The number of amides is 1. The normalized spacial score (nSPS) is 18.6. The summed E-state index contributed by atoms with van der Waals surface area (Å²) in [5, 5.41) is 9.66. The number of likely N-dealkylation sites (tertiary alicyclic amines) is 1. The maximum atomic E-state index is 12.6. The fourth-order valence-electron chi connectivity index (χ4n) is 3.28. The van der Waals surface area contributed by atoms with Crippen molar-refractivity contribution in [3.8, 4) is 0 Å². The average molecular weight is 346 g/mol. The molecule has 2 aromatic rings. The standard InChI is InChI=1S/C18H26N4O3/c1-18(2,3)25-17(24)21-10-5-4-7-13(21)11-22-15(12-23)20-14-8-6-9-19-16(14)22/h6,8-9,13,23H,4-5,7,10-12H2,1-3H3. The van der Waals surface area contributed by atoms with Gasteiger partial charge in [-0.3, -0.25) is 0 Å². The molecule has 7 nitrogen and oxygen atoms in total. The van der Waals surface area contributed by atoms with Gasteiger partial charge >= 0.3 is 6.09 Å². The molecule has 1 N–H and O–H groups in total. The average Bonchev–Trinajstić information content (AvgIpc) is 2.92. The van der Waals surface area contributed by atoms with Crippen LogP contribution in [0.1, 0.15) is 45.9 Å². The molecule has 0 aromatic carbocycles. The van der Waals surface area contributed by atoms with Crippen molar-refractivity contribution in [1.82, 2.24) is 19.4 Å². The molecule has 0 spiro atoms. The second-order valence-corrected chi connectivity index (χ2v) is 7.47. The molecule has 136 valence electrons. The minimum absolute atomic E-state index is 0.00769. The molecular weight excluding hydrogens is 320 g/mol. The molecule has 1 aliphatic heterocycles. The first-order valence-electron chi connectivity index (χ1n) is 8.79. The van der Waals surface area contributed by atoms with E-state index in [1.54, 1.807) is 6.20 Å². The molecule has 3 heterocycles. The van der Waals surface area contributed by atoms with Crippen molar-refractivity contribution in [1.29, 1.82) is 0 Å². The van der Waals surface area contributed by atoms with E-state index in [-0.39, 0.29) is 18.7 Å². The number of imidazole rings is 1. The molecule has 1 unspecified atom stereocenters. The zero-order valence-corrected chi connectivity index (χ0v) is 15.1. The van der Waals surface area contributed by atoms with E-state index in [1.807, 2.05) is 42.4 Å². The molecule has 0 saturated carbocycles. The molecule has 0 bridgehead atoms. The van der Waals surface area contributed by atoms with Gasteiger partial charge in [0.15, 0.2) is 5.65 Å². The number of hydrogen-bond donors (Lipinski definition) is 1. The third kappa shape index (κ3) is 3.92. The number of fused-ring (bicyclic) bond motifs is 1. The molecule has 0 aliphatic carbocycles. The van der Waals surface area contributed by atoms with Crippen molar-refractivity contribution in [3.63, 3.8) is 0 Å². The Morgan fingerprint density at radius 3 is 2.92 bits per heavy atom. The number of piperidine rings is 1. The number of aliphatic hydroxyl groups excluding tert-OH is 1. The molecule has 7 heteroatoms. The summed E-state index contributed by atoms with van der Waals surface area (Å²) >= 11 is 0. The van der Waals surface area contributed by atoms with Gasteiger partial charge in [-0.2, -0.15) is 0 Å². The lowest BCUT2D eigenvalue weighted by molar-refractivity contribution is 0.00773. The van der Waals surface area contributed by atoms with Crippen molar-refractivity contribution in [2.45, 2.75) is 64.8 Å². The number of aliphatic hydroxyl groups is 1. The number of carbonyl (C=O) groups excluding carboxylic acids is 1. The molecule has 1 amide bonds. The Bertz CT molecular complexity index is 750. The summed E-state index contributed by atoms with van der Waals surface area (Å²) in [6.07, 6.45) is 4.38. The summed E-state index contributed by atoms with van der Waals surface area (Å²) < 4.78 is 7.49. The van der Waals surface area contributed by atoms with E-state index in [1.165, 1.54) is 0 Å². The number of aromatic nitrogens is 3. The summed E-state index contributed by atoms with van der Waals surface area (Å²) in [7, 11) is 0. The number of ether oxygens (including phenoxy) is 1. The molecule has 1 fully saturated rings. The van der Waals surface area contributed by atoms with Crippen LogP contribution in [0.2, 0.25) is 0 Å². The number of carbonyl (C=O) groups is 1. The number of rotatable bonds is 3. The summed E-state index contributed by atoms with van der Waals surface area (Å²) in [5.41, 5.74) is 0.978. The van der Waals surface area contributed by atoms with Crippen molar-refractivity contribution in [2.75, 3.05) is 6.54 Å². The van der Waals surface area contributed by atoms with E-state index in [0.29, 0.717) is 18.9 Å². The Balaban J connectivity index is 1.86. The quantitative estimate of drug-likeness (QED) is 0.924. The lowest BCUT2D eigenvalue weighted by Crippen LogP contribution is -2.48. The fourth-order valence-corrected chi connectivity index (χ4v) is 3.28. The van der Waals surface area contributed by atoms with Crippen LogP contribution in [0, 0.1) is 0 Å². The lowest BCUT2D eigenvalue weighted by atomic mass is 10.0. The molecule has 1 atom stereocenters. The van der Waals surface area contributed by atoms with E-state index >= 15 is 0 Å². The summed E-state index contributed by atoms with van der Waals surface area (Å²) in [4.78, 5) is 23.2. The number of pyridine rings is 1. The van der Waals surface area contributed by atoms with Crippen molar-refractivity contribution in [3.05, 3.63) is 24.2 Å². The predicted octanol–water partition coefficient (Wildman–Crippen LogP) is 2.71. The van der Waals surface area contributed by atoms with E-state index < -0.39 is 5.60 Å². The maximum Gasteiger partial charge on any atom is 0.410 e. The first kappa shape index (κ1) is 17.7. The Morgan fingerprint density at radius 2 is 2.20 bits per heavy atom. The molecule has 1 aliphatic rings. The van der Waals surface area contributed by atoms with Crippen LogP contribution in [-0.4, -0.2) is 48.8 Å². The second-order valence-electron chi connectivity index (χ2n) is 7.47. The van der Waals surface area contributed by atoms with Gasteiger partial charge in [0.05, 0.1) is 6.04 Å². The van der Waals surface area contributed by atoms with Crippen molar-refractivity contribution < 1.29 is 14.6 Å². The zero-order chi connectivity index (χ0) is 18.0. The summed E-state index contributed by atoms with van der Waals surface area (Å²) in [5.74, 6) is 0.573. The smallest absolute Gasteiger partial charge is 0.410 e. The SMILES string of the molecule is CC(C)(C)OC(=O)N1CCCCC1Cn1c(CO)nc2cccnc21. The van der Waals surface area contributed by atoms with Crippen LogP contribution < -0.4 is 0 Å². The Kier molecular flexibility index (Phi) is 4.94. The number of nitrogens with zero attached hydrogens (tertiary/aromatic N) is 4. The molecule has 25 heavy (non-hydrogen) atoms. The van der Waals surface area contributed by atoms with E-state index in [4.69, 9.17) is 4.74 Å². The van der Waals surface area contributed by atoms with Gasteiger partial charge in [-0.15, -0.1) is 0 Å². The van der Waals surface area contributed by atoms with Gasteiger partial charge in [-0.1, -0.05) is 0 Å². The highest BCUT2D eigenvalue weighted by molar-refractivity contribution is 5.71. The monoisotopic (exact) mass is 346 g/mol. The summed E-state index contributed by atoms with van der Waals surface area (Å²) in [6.45, 7) is 6.72. The lowest BCUT2D eigenvalue weighted by Gasteiger charge is -2.37. The third-order valence-corrected chi connectivity index (χ3v) is 4.37. The fraction of sp³-hybridized carbons (Fsp3) is 0.611.